The third-order valence-electron chi connectivity index (χ3n) is 2.73. The quantitative estimate of drug-likeness (QED) is 0.891. The molecule has 1 aromatic rings. The van der Waals surface area contributed by atoms with Gasteiger partial charge in [-0.3, -0.25) is 0 Å². The highest BCUT2D eigenvalue weighted by molar-refractivity contribution is 7.12. The number of nitrogens with one attached hydrogen (secondary N) is 1. The van der Waals surface area contributed by atoms with E-state index in [1.165, 1.54) is 0 Å². The maximum Gasteiger partial charge on any atom is 0.408 e. The first-order chi connectivity index (χ1) is 9.67. The summed E-state index contributed by atoms with van der Waals surface area (Å²) in [6.07, 6.45) is -1.26. The Morgan fingerprint density at radius 3 is 2.62 bits per heavy atom. The van der Waals surface area contributed by atoms with Crippen LogP contribution in [0.15, 0.2) is 0 Å². The average Bonchev–Trinajstić information content (AvgIpc) is 2.89. The van der Waals surface area contributed by atoms with Crippen LogP contribution in [0.2, 0.25) is 0 Å². The summed E-state index contributed by atoms with van der Waals surface area (Å²) < 4.78 is 18.2. The molecule has 8 heteroatoms. The molecule has 116 valence electrons. The fourth-order valence-electron chi connectivity index (χ4n) is 1.76. The van der Waals surface area contributed by atoms with E-state index in [2.05, 4.69) is 10.3 Å². The fourth-order valence-corrected chi connectivity index (χ4v) is 2.92. The number of alkyl carbamates (subject to hydrolysis) is 1. The number of carbonyl (C=O) groups is 2. The maximum atomic E-state index is 13.1. The lowest BCUT2D eigenvalue weighted by atomic mass is 10.2. The lowest BCUT2D eigenvalue weighted by Crippen LogP contribution is -2.32. The predicted octanol–water partition coefficient (Wildman–Crippen LogP) is 2.69. The van der Waals surface area contributed by atoms with Crippen LogP contribution in [0.3, 0.4) is 0 Å². The summed E-state index contributed by atoms with van der Waals surface area (Å²) in [4.78, 5) is 27.0. The number of amides is 1. The van der Waals surface area contributed by atoms with Gasteiger partial charge in [0.25, 0.3) is 0 Å². The Kier molecular flexibility index (Phi) is 4.18. The Labute approximate surface area is 125 Å². The molecule has 0 aliphatic heterocycles. The van der Waals surface area contributed by atoms with Crippen LogP contribution in [0.4, 0.5) is 9.18 Å². The van der Waals surface area contributed by atoms with E-state index in [0.717, 1.165) is 11.3 Å². The number of ether oxygens (including phenoxy) is 1. The van der Waals surface area contributed by atoms with Gasteiger partial charge in [0.1, 0.15) is 16.8 Å². The highest BCUT2D eigenvalue weighted by Crippen LogP contribution is 2.47. The van der Waals surface area contributed by atoms with Gasteiger partial charge in [-0.05, 0) is 27.2 Å². The summed E-state index contributed by atoms with van der Waals surface area (Å²) in [5, 5.41) is 12.0. The third kappa shape index (κ3) is 4.13. The van der Waals surface area contributed by atoms with E-state index >= 15 is 0 Å². The molecule has 0 aromatic carbocycles. The molecule has 1 aliphatic carbocycles. The third-order valence-corrected chi connectivity index (χ3v) is 3.92. The summed E-state index contributed by atoms with van der Waals surface area (Å²) in [7, 11) is 0. The van der Waals surface area contributed by atoms with Crippen molar-refractivity contribution in [3.8, 4) is 0 Å². The van der Waals surface area contributed by atoms with Gasteiger partial charge in [0, 0.05) is 10.8 Å². The van der Waals surface area contributed by atoms with E-state index in [9.17, 15) is 14.0 Å². The molecule has 0 spiro atoms. The van der Waals surface area contributed by atoms with Crippen LogP contribution in [0.1, 0.15) is 53.5 Å². The van der Waals surface area contributed by atoms with Crippen molar-refractivity contribution >= 4 is 23.4 Å². The minimum atomic E-state index is -1.18. The second kappa shape index (κ2) is 5.59. The van der Waals surface area contributed by atoms with Gasteiger partial charge in [0.05, 0.1) is 6.54 Å². The number of carboxylic acid groups (broad SMARTS) is 1. The number of hydrogen-bond acceptors (Lipinski definition) is 5. The Morgan fingerprint density at radius 1 is 1.52 bits per heavy atom. The lowest BCUT2D eigenvalue weighted by molar-refractivity contribution is 0.0523. The molecule has 1 aromatic heterocycles. The smallest absolute Gasteiger partial charge is 0.408 e. The molecular formula is C13H17FN2O4S. The van der Waals surface area contributed by atoms with Crippen LogP contribution in [-0.2, 0) is 11.3 Å². The number of halogens is 1. The minimum Gasteiger partial charge on any atom is -0.476 e. The van der Waals surface area contributed by atoms with Crippen LogP contribution in [-0.4, -0.2) is 33.9 Å². The SMILES string of the molecule is CC(C)(C)OC(=O)NCc1nc(C(=O)O)c([C@@H]2C[C@H]2F)s1. The second-order valence-corrected chi connectivity index (χ2v) is 6.95. The first kappa shape index (κ1) is 15.7. The maximum absolute atomic E-state index is 13.1. The summed E-state index contributed by atoms with van der Waals surface area (Å²) in [6.45, 7) is 5.28. The molecule has 0 radical (unpaired) electrons. The lowest BCUT2D eigenvalue weighted by Gasteiger charge is -2.19. The Bertz CT molecular complexity index is 567. The van der Waals surface area contributed by atoms with Gasteiger partial charge < -0.3 is 15.2 Å². The number of aromatic carboxylic acids is 1. The van der Waals surface area contributed by atoms with E-state index in [-0.39, 0.29) is 18.2 Å². The first-order valence-electron chi connectivity index (χ1n) is 6.51. The topological polar surface area (TPSA) is 88.5 Å². The van der Waals surface area contributed by atoms with E-state index in [1.54, 1.807) is 20.8 Å². The zero-order chi connectivity index (χ0) is 15.8. The van der Waals surface area contributed by atoms with Crippen LogP contribution in [0.25, 0.3) is 0 Å². The van der Waals surface area contributed by atoms with Crippen LogP contribution < -0.4 is 5.32 Å². The highest BCUT2D eigenvalue weighted by atomic mass is 32.1. The highest BCUT2D eigenvalue weighted by Gasteiger charge is 2.43. The molecule has 2 rings (SSSR count). The molecule has 1 aliphatic rings. The molecule has 0 unspecified atom stereocenters. The number of nitrogens with zero attached hydrogens (tertiary/aromatic N) is 1. The molecule has 0 saturated heterocycles. The van der Waals surface area contributed by atoms with Crippen molar-refractivity contribution in [2.24, 2.45) is 0 Å². The molecule has 6 nitrogen and oxygen atoms in total. The number of aromatic nitrogens is 1. The number of carboxylic acids is 1. The average molecular weight is 316 g/mol. The van der Waals surface area contributed by atoms with Gasteiger partial charge in [-0.25, -0.2) is 19.0 Å². The molecule has 1 saturated carbocycles. The van der Waals surface area contributed by atoms with Crippen LogP contribution in [0, 0.1) is 0 Å². The molecule has 1 heterocycles. The molecule has 0 bridgehead atoms. The molecule has 2 N–H and O–H groups in total. The van der Waals surface area contributed by atoms with Gasteiger partial charge >= 0.3 is 12.1 Å². The molecular weight excluding hydrogens is 299 g/mol. The Balaban J connectivity index is 2.01. The summed E-state index contributed by atoms with van der Waals surface area (Å²) in [5.74, 6) is -1.55. The zero-order valence-corrected chi connectivity index (χ0v) is 12.8. The monoisotopic (exact) mass is 316 g/mol. The largest absolute Gasteiger partial charge is 0.476 e. The number of hydrogen-bond donors (Lipinski definition) is 2. The van der Waals surface area contributed by atoms with Gasteiger partial charge in [0.15, 0.2) is 5.69 Å². The Morgan fingerprint density at radius 2 is 2.14 bits per heavy atom. The number of rotatable bonds is 4. The van der Waals surface area contributed by atoms with Crippen molar-refractivity contribution in [2.75, 3.05) is 0 Å². The standard InChI is InChI=1S/C13H17FN2O4S/c1-13(2,3)20-12(19)15-5-8-16-9(11(17)18)10(21-8)6-4-7(6)14/h6-7H,4-5H2,1-3H3,(H,15,19)(H,17,18)/t6-,7-/m1/s1. The second-order valence-electron chi connectivity index (χ2n) is 5.84. The summed E-state index contributed by atoms with van der Waals surface area (Å²) >= 11 is 1.12. The van der Waals surface area contributed by atoms with Crippen LogP contribution >= 0.6 is 11.3 Å². The number of carbonyl (C=O) groups excluding carboxylic acids is 1. The van der Waals surface area contributed by atoms with Gasteiger partial charge in [-0.15, -0.1) is 11.3 Å². The predicted molar refractivity (Wildman–Crippen MR) is 74.4 cm³/mol. The van der Waals surface area contributed by atoms with Crippen molar-refractivity contribution in [1.29, 1.82) is 0 Å². The van der Waals surface area contributed by atoms with E-state index < -0.39 is 23.8 Å². The number of alkyl halides is 1. The Hall–Kier alpha value is -1.70. The fraction of sp³-hybridized carbons (Fsp3) is 0.615. The van der Waals surface area contributed by atoms with E-state index in [0.29, 0.717) is 16.3 Å². The molecule has 21 heavy (non-hydrogen) atoms. The van der Waals surface area contributed by atoms with Crippen molar-refractivity contribution in [3.05, 3.63) is 15.6 Å². The summed E-state index contributed by atoms with van der Waals surface area (Å²) in [6, 6.07) is 0. The molecule has 1 amide bonds. The number of thiazole rings is 1. The van der Waals surface area contributed by atoms with Gasteiger partial charge in [-0.2, -0.15) is 0 Å². The van der Waals surface area contributed by atoms with Crippen molar-refractivity contribution in [3.63, 3.8) is 0 Å². The van der Waals surface area contributed by atoms with Crippen molar-refractivity contribution in [2.45, 2.75) is 51.4 Å². The molecule has 1 fully saturated rings. The van der Waals surface area contributed by atoms with E-state index in [1.807, 2.05) is 0 Å². The normalized spacial score (nSPS) is 21.0. The zero-order valence-electron chi connectivity index (χ0n) is 12.0. The first-order valence-corrected chi connectivity index (χ1v) is 7.33. The van der Waals surface area contributed by atoms with Gasteiger partial charge in [-0.1, -0.05) is 0 Å². The van der Waals surface area contributed by atoms with Crippen LogP contribution in [0.5, 0.6) is 0 Å². The van der Waals surface area contributed by atoms with E-state index in [4.69, 9.17) is 9.84 Å². The van der Waals surface area contributed by atoms with Crippen molar-refractivity contribution < 1.29 is 23.8 Å². The van der Waals surface area contributed by atoms with Gasteiger partial charge in [0.2, 0.25) is 0 Å². The van der Waals surface area contributed by atoms with Crippen molar-refractivity contribution in [1.82, 2.24) is 10.3 Å². The molecule has 2 atom stereocenters. The summed E-state index contributed by atoms with van der Waals surface area (Å²) in [5.41, 5.74) is -0.731. The minimum absolute atomic E-state index is 0.0591.